The molecule has 0 fully saturated rings. The number of β-amino-alcohol motifs (C(OH)–C–C–N with tert-alkyl or cyclic N) is 1. The second-order valence-electron chi connectivity index (χ2n) is 5.39. The Morgan fingerprint density at radius 2 is 1.71 bits per heavy atom. The molecule has 0 amide bonds. The lowest BCUT2D eigenvalue weighted by molar-refractivity contribution is 0.0611. The van der Waals surface area contributed by atoms with Gasteiger partial charge in [0.15, 0.2) is 0 Å². The van der Waals surface area contributed by atoms with E-state index in [2.05, 4.69) is 49.9 Å². The molecule has 0 heterocycles. The standard InChI is InChI=1S/C14H23NO.ClH/c1-12(16)10-15(14(2,3)4)11-13-8-6-5-7-9-13;/h5-9,12,16H,10-11H2,1-4H3;1H. The van der Waals surface area contributed by atoms with Crippen LogP contribution in [0.2, 0.25) is 0 Å². The van der Waals surface area contributed by atoms with E-state index >= 15 is 0 Å². The summed E-state index contributed by atoms with van der Waals surface area (Å²) in [5, 5.41) is 9.52. The maximum atomic E-state index is 9.52. The van der Waals surface area contributed by atoms with E-state index in [0.717, 1.165) is 6.54 Å². The van der Waals surface area contributed by atoms with Gasteiger partial charge in [0.2, 0.25) is 0 Å². The Morgan fingerprint density at radius 1 is 1.18 bits per heavy atom. The SMILES string of the molecule is CC(O)CN(Cc1ccccc1)C(C)(C)C.Cl. The quantitative estimate of drug-likeness (QED) is 0.896. The van der Waals surface area contributed by atoms with Crippen LogP contribution in [0.5, 0.6) is 0 Å². The molecule has 0 saturated heterocycles. The highest BCUT2D eigenvalue weighted by Gasteiger charge is 2.22. The Morgan fingerprint density at radius 3 is 2.12 bits per heavy atom. The van der Waals surface area contributed by atoms with Gasteiger partial charge < -0.3 is 5.11 Å². The minimum absolute atomic E-state index is 0. The van der Waals surface area contributed by atoms with Crippen LogP contribution >= 0.6 is 12.4 Å². The number of benzene rings is 1. The van der Waals surface area contributed by atoms with E-state index in [9.17, 15) is 5.11 Å². The second kappa shape index (κ2) is 7.00. The molecule has 1 unspecified atom stereocenters. The highest BCUT2D eigenvalue weighted by molar-refractivity contribution is 5.85. The number of hydrogen-bond donors (Lipinski definition) is 1. The lowest BCUT2D eigenvalue weighted by atomic mass is 10.0. The van der Waals surface area contributed by atoms with Gasteiger partial charge in [0.1, 0.15) is 0 Å². The van der Waals surface area contributed by atoms with E-state index in [-0.39, 0.29) is 24.0 Å². The van der Waals surface area contributed by atoms with Gasteiger partial charge in [0.25, 0.3) is 0 Å². The van der Waals surface area contributed by atoms with Crippen molar-refractivity contribution >= 4 is 12.4 Å². The molecule has 0 spiro atoms. The van der Waals surface area contributed by atoms with Crippen LogP contribution in [-0.4, -0.2) is 28.2 Å². The van der Waals surface area contributed by atoms with Crippen LogP contribution in [0.1, 0.15) is 33.3 Å². The number of rotatable bonds is 4. The molecule has 0 aliphatic heterocycles. The molecule has 1 aromatic rings. The molecule has 1 aromatic carbocycles. The topological polar surface area (TPSA) is 23.5 Å². The maximum Gasteiger partial charge on any atom is 0.0639 e. The zero-order valence-electron chi connectivity index (χ0n) is 11.2. The summed E-state index contributed by atoms with van der Waals surface area (Å²) in [5.41, 5.74) is 1.37. The fourth-order valence-electron chi connectivity index (χ4n) is 1.70. The van der Waals surface area contributed by atoms with Crippen molar-refractivity contribution < 1.29 is 5.11 Å². The van der Waals surface area contributed by atoms with Crippen LogP contribution in [0, 0.1) is 0 Å². The van der Waals surface area contributed by atoms with Crippen molar-refractivity contribution in [3.8, 4) is 0 Å². The summed E-state index contributed by atoms with van der Waals surface area (Å²) in [6.07, 6.45) is -0.289. The highest BCUT2D eigenvalue weighted by atomic mass is 35.5. The summed E-state index contributed by atoms with van der Waals surface area (Å²) in [7, 11) is 0. The molecule has 0 bridgehead atoms. The van der Waals surface area contributed by atoms with E-state index in [4.69, 9.17) is 0 Å². The fourth-order valence-corrected chi connectivity index (χ4v) is 1.70. The molecule has 0 radical (unpaired) electrons. The van der Waals surface area contributed by atoms with Gasteiger partial charge in [0.05, 0.1) is 6.10 Å². The Labute approximate surface area is 111 Å². The van der Waals surface area contributed by atoms with Gasteiger partial charge in [0, 0.05) is 18.6 Å². The monoisotopic (exact) mass is 257 g/mol. The number of hydrogen-bond acceptors (Lipinski definition) is 2. The normalized spacial score (nSPS) is 13.3. The maximum absolute atomic E-state index is 9.52. The lowest BCUT2D eigenvalue weighted by Gasteiger charge is -2.36. The molecule has 0 aliphatic rings. The zero-order chi connectivity index (χ0) is 12.2. The third-order valence-electron chi connectivity index (χ3n) is 2.65. The first-order valence-corrected chi connectivity index (χ1v) is 5.86. The number of halogens is 1. The van der Waals surface area contributed by atoms with Crippen LogP contribution in [0.25, 0.3) is 0 Å². The molecule has 0 aliphatic carbocycles. The molecule has 3 heteroatoms. The van der Waals surface area contributed by atoms with Crippen molar-refractivity contribution in [3.63, 3.8) is 0 Å². The molecule has 1 rings (SSSR count). The van der Waals surface area contributed by atoms with Crippen LogP contribution in [0.4, 0.5) is 0 Å². The third kappa shape index (κ3) is 6.06. The first-order valence-electron chi connectivity index (χ1n) is 5.86. The van der Waals surface area contributed by atoms with Crippen LogP contribution in [-0.2, 0) is 6.54 Å². The van der Waals surface area contributed by atoms with Gasteiger partial charge in [-0.25, -0.2) is 0 Å². The Bertz CT molecular complexity index is 306. The summed E-state index contributed by atoms with van der Waals surface area (Å²) < 4.78 is 0. The average molecular weight is 258 g/mol. The summed E-state index contributed by atoms with van der Waals surface area (Å²) in [4.78, 5) is 2.30. The van der Waals surface area contributed by atoms with Crippen molar-refractivity contribution in [3.05, 3.63) is 35.9 Å². The predicted octanol–water partition coefficient (Wildman–Crippen LogP) is 3.09. The first kappa shape index (κ1) is 16.4. The van der Waals surface area contributed by atoms with Crippen molar-refractivity contribution in [2.75, 3.05) is 6.54 Å². The molecule has 0 aromatic heterocycles. The lowest BCUT2D eigenvalue weighted by Crippen LogP contribution is -2.44. The molecule has 2 nitrogen and oxygen atoms in total. The van der Waals surface area contributed by atoms with Crippen molar-refractivity contribution in [2.45, 2.75) is 45.9 Å². The minimum Gasteiger partial charge on any atom is -0.392 e. The van der Waals surface area contributed by atoms with Crippen molar-refractivity contribution in [1.82, 2.24) is 4.90 Å². The van der Waals surface area contributed by atoms with E-state index < -0.39 is 0 Å². The smallest absolute Gasteiger partial charge is 0.0639 e. The van der Waals surface area contributed by atoms with E-state index in [1.54, 1.807) is 0 Å². The van der Waals surface area contributed by atoms with Gasteiger partial charge in [-0.05, 0) is 33.3 Å². The van der Waals surface area contributed by atoms with Gasteiger partial charge in [-0.15, -0.1) is 12.4 Å². The van der Waals surface area contributed by atoms with Gasteiger partial charge >= 0.3 is 0 Å². The summed E-state index contributed by atoms with van der Waals surface area (Å²) in [6, 6.07) is 10.4. The summed E-state index contributed by atoms with van der Waals surface area (Å²) in [5.74, 6) is 0. The zero-order valence-corrected chi connectivity index (χ0v) is 12.0. The number of aliphatic hydroxyl groups is 1. The largest absolute Gasteiger partial charge is 0.392 e. The third-order valence-corrected chi connectivity index (χ3v) is 2.65. The molecule has 98 valence electrons. The summed E-state index contributed by atoms with van der Waals surface area (Å²) >= 11 is 0. The van der Waals surface area contributed by atoms with Crippen LogP contribution in [0.15, 0.2) is 30.3 Å². The molecular formula is C14H24ClNO. The Hall–Kier alpha value is -0.570. The summed E-state index contributed by atoms with van der Waals surface area (Å²) in [6.45, 7) is 9.96. The van der Waals surface area contributed by atoms with Crippen LogP contribution in [0.3, 0.4) is 0 Å². The van der Waals surface area contributed by atoms with Gasteiger partial charge in [-0.2, -0.15) is 0 Å². The molecule has 1 N–H and O–H groups in total. The second-order valence-corrected chi connectivity index (χ2v) is 5.39. The molecule has 17 heavy (non-hydrogen) atoms. The fraction of sp³-hybridized carbons (Fsp3) is 0.571. The van der Waals surface area contributed by atoms with Crippen molar-refractivity contribution in [2.24, 2.45) is 0 Å². The van der Waals surface area contributed by atoms with E-state index in [0.29, 0.717) is 6.54 Å². The minimum atomic E-state index is -0.289. The average Bonchev–Trinajstić information content (AvgIpc) is 2.16. The number of nitrogens with zero attached hydrogens (tertiary/aromatic N) is 1. The Balaban J connectivity index is 0.00000256. The molecule has 0 saturated carbocycles. The molecular weight excluding hydrogens is 234 g/mol. The van der Waals surface area contributed by atoms with Gasteiger partial charge in [-0.1, -0.05) is 30.3 Å². The molecule has 1 atom stereocenters. The Kier molecular flexibility index (Phi) is 6.76. The first-order chi connectivity index (χ1) is 7.39. The predicted molar refractivity (Wildman–Crippen MR) is 75.5 cm³/mol. The van der Waals surface area contributed by atoms with Crippen molar-refractivity contribution in [1.29, 1.82) is 0 Å². The van der Waals surface area contributed by atoms with E-state index in [1.807, 2.05) is 13.0 Å². The highest BCUT2D eigenvalue weighted by Crippen LogP contribution is 2.17. The number of aliphatic hydroxyl groups excluding tert-OH is 1. The van der Waals surface area contributed by atoms with Gasteiger partial charge in [-0.3, -0.25) is 4.90 Å². The van der Waals surface area contributed by atoms with Crippen LogP contribution < -0.4 is 0 Å². The van der Waals surface area contributed by atoms with E-state index in [1.165, 1.54) is 5.56 Å².